The van der Waals surface area contributed by atoms with E-state index in [1.807, 2.05) is 19.9 Å². The van der Waals surface area contributed by atoms with E-state index in [4.69, 9.17) is 0 Å². The number of amides is 2. The van der Waals surface area contributed by atoms with Crippen molar-refractivity contribution in [3.05, 3.63) is 42.0 Å². The molecule has 2 atom stereocenters. The van der Waals surface area contributed by atoms with E-state index in [0.29, 0.717) is 24.1 Å². The smallest absolute Gasteiger partial charge is 0.307 e. The molecule has 0 bridgehead atoms. The summed E-state index contributed by atoms with van der Waals surface area (Å²) < 4.78 is 0. The average Bonchev–Trinajstić information content (AvgIpc) is 2.54. The average molecular weight is 330 g/mol. The summed E-state index contributed by atoms with van der Waals surface area (Å²) in [5.74, 6) is -3.03. The van der Waals surface area contributed by atoms with Crippen LogP contribution >= 0.6 is 0 Å². The summed E-state index contributed by atoms with van der Waals surface area (Å²) in [6.07, 6.45) is 4.32. The second kappa shape index (κ2) is 7.77. The lowest BCUT2D eigenvalue weighted by Crippen LogP contribution is -2.35. The number of carbonyl (C=O) groups is 3. The maximum atomic E-state index is 12.5. The number of rotatable bonds is 5. The Morgan fingerprint density at radius 2 is 1.71 bits per heavy atom. The molecule has 0 radical (unpaired) electrons. The number of aliphatic carboxylic acids is 1. The fourth-order valence-electron chi connectivity index (χ4n) is 2.73. The van der Waals surface area contributed by atoms with Crippen molar-refractivity contribution in [2.24, 2.45) is 11.8 Å². The summed E-state index contributed by atoms with van der Waals surface area (Å²) in [6, 6.07) is 6.68. The van der Waals surface area contributed by atoms with Gasteiger partial charge < -0.3 is 15.7 Å². The molecule has 3 N–H and O–H groups in total. The van der Waals surface area contributed by atoms with E-state index in [9.17, 15) is 19.5 Å². The van der Waals surface area contributed by atoms with Crippen LogP contribution in [-0.2, 0) is 9.59 Å². The van der Waals surface area contributed by atoms with E-state index in [-0.39, 0.29) is 17.9 Å². The molecule has 6 heteroatoms. The Morgan fingerprint density at radius 3 is 2.33 bits per heavy atom. The number of hydrogen-bond acceptors (Lipinski definition) is 3. The molecule has 0 unspecified atom stereocenters. The van der Waals surface area contributed by atoms with Crippen LogP contribution < -0.4 is 10.6 Å². The van der Waals surface area contributed by atoms with Gasteiger partial charge in [-0.2, -0.15) is 0 Å². The summed E-state index contributed by atoms with van der Waals surface area (Å²) in [4.78, 5) is 36.1. The molecule has 0 aliphatic heterocycles. The quantitative estimate of drug-likeness (QED) is 0.723. The van der Waals surface area contributed by atoms with Crippen molar-refractivity contribution in [2.45, 2.75) is 32.7 Å². The van der Waals surface area contributed by atoms with Crippen LogP contribution in [0.2, 0.25) is 0 Å². The van der Waals surface area contributed by atoms with E-state index in [2.05, 4.69) is 10.6 Å². The predicted octanol–water partition coefficient (Wildman–Crippen LogP) is 2.43. The minimum absolute atomic E-state index is 0.0267. The van der Waals surface area contributed by atoms with Crippen molar-refractivity contribution in [1.29, 1.82) is 0 Å². The highest BCUT2D eigenvalue weighted by Gasteiger charge is 2.34. The Bertz CT molecular complexity index is 667. The zero-order valence-corrected chi connectivity index (χ0v) is 13.8. The third-order valence-electron chi connectivity index (χ3n) is 3.94. The number of benzene rings is 1. The van der Waals surface area contributed by atoms with Crippen LogP contribution in [0.15, 0.2) is 36.4 Å². The molecule has 0 fully saturated rings. The molecule has 6 nitrogen and oxygen atoms in total. The highest BCUT2D eigenvalue weighted by molar-refractivity contribution is 6.04. The van der Waals surface area contributed by atoms with Crippen molar-refractivity contribution in [2.75, 3.05) is 5.32 Å². The molecular weight excluding hydrogens is 308 g/mol. The van der Waals surface area contributed by atoms with Crippen molar-refractivity contribution in [1.82, 2.24) is 5.32 Å². The van der Waals surface area contributed by atoms with Crippen molar-refractivity contribution in [3.8, 4) is 0 Å². The normalized spacial score (nSPS) is 19.8. The lowest BCUT2D eigenvalue weighted by Gasteiger charge is -2.24. The molecule has 0 saturated heterocycles. The monoisotopic (exact) mass is 330 g/mol. The Morgan fingerprint density at radius 1 is 1.08 bits per heavy atom. The number of hydrogen-bond donors (Lipinski definition) is 3. The lowest BCUT2D eigenvalue weighted by molar-refractivity contribution is -0.146. The van der Waals surface area contributed by atoms with Crippen LogP contribution in [0.4, 0.5) is 5.69 Å². The standard InChI is InChI=1S/C18H22N2O4/c1-11(2)19-17(22)14-9-5-6-10-15(14)20-16(21)12-7-3-4-8-13(12)18(23)24/h3-6,9-13H,7-8H2,1-2H3,(H,19,22)(H,20,21)(H,23,24)/t12-,13+/m1/s1. The number of anilines is 1. The van der Waals surface area contributed by atoms with Gasteiger partial charge in [0.2, 0.25) is 5.91 Å². The minimum Gasteiger partial charge on any atom is -0.481 e. The SMILES string of the molecule is CC(C)NC(=O)c1ccccc1NC(=O)[C@@H]1CC=CC[C@@H]1C(=O)O. The molecule has 2 rings (SSSR count). The van der Waals surface area contributed by atoms with Gasteiger partial charge in [-0.15, -0.1) is 0 Å². The molecule has 1 aromatic carbocycles. The molecule has 0 spiro atoms. The Hall–Kier alpha value is -2.63. The van der Waals surface area contributed by atoms with Crippen LogP contribution in [-0.4, -0.2) is 28.9 Å². The number of carboxylic acid groups (broad SMARTS) is 1. The Kier molecular flexibility index (Phi) is 5.73. The third-order valence-corrected chi connectivity index (χ3v) is 3.94. The topological polar surface area (TPSA) is 95.5 Å². The zero-order chi connectivity index (χ0) is 17.7. The van der Waals surface area contributed by atoms with E-state index in [1.54, 1.807) is 30.3 Å². The molecule has 128 valence electrons. The molecule has 1 aromatic rings. The van der Waals surface area contributed by atoms with E-state index in [1.165, 1.54) is 0 Å². The summed E-state index contributed by atoms with van der Waals surface area (Å²) in [5, 5.41) is 14.8. The highest BCUT2D eigenvalue weighted by Crippen LogP contribution is 2.28. The van der Waals surface area contributed by atoms with Gasteiger partial charge in [0.1, 0.15) is 0 Å². The van der Waals surface area contributed by atoms with Crippen molar-refractivity contribution in [3.63, 3.8) is 0 Å². The van der Waals surface area contributed by atoms with Gasteiger partial charge in [-0.3, -0.25) is 14.4 Å². The Labute approximate surface area is 140 Å². The second-order valence-corrected chi connectivity index (χ2v) is 6.16. The first kappa shape index (κ1) is 17.7. The Balaban J connectivity index is 2.18. The molecular formula is C18H22N2O4. The van der Waals surface area contributed by atoms with Gasteiger partial charge >= 0.3 is 5.97 Å². The highest BCUT2D eigenvalue weighted by atomic mass is 16.4. The number of carbonyl (C=O) groups excluding carboxylic acids is 2. The van der Waals surface area contributed by atoms with E-state index >= 15 is 0 Å². The van der Waals surface area contributed by atoms with Crippen molar-refractivity contribution < 1.29 is 19.5 Å². The maximum absolute atomic E-state index is 12.5. The van der Waals surface area contributed by atoms with Gasteiger partial charge in [-0.25, -0.2) is 0 Å². The van der Waals surface area contributed by atoms with Gasteiger partial charge in [0.25, 0.3) is 5.91 Å². The van der Waals surface area contributed by atoms with Gasteiger partial charge in [0.15, 0.2) is 0 Å². The van der Waals surface area contributed by atoms with Gasteiger partial charge in [0.05, 0.1) is 23.1 Å². The van der Waals surface area contributed by atoms with Crippen LogP contribution in [0.25, 0.3) is 0 Å². The predicted molar refractivity (Wildman–Crippen MR) is 90.7 cm³/mol. The fourth-order valence-corrected chi connectivity index (χ4v) is 2.73. The number of para-hydroxylation sites is 1. The number of carboxylic acids is 1. The van der Waals surface area contributed by atoms with Crippen molar-refractivity contribution >= 4 is 23.5 Å². The van der Waals surface area contributed by atoms with E-state index in [0.717, 1.165) is 0 Å². The second-order valence-electron chi connectivity index (χ2n) is 6.16. The molecule has 0 aromatic heterocycles. The third kappa shape index (κ3) is 4.22. The summed E-state index contributed by atoms with van der Waals surface area (Å²) in [7, 11) is 0. The largest absolute Gasteiger partial charge is 0.481 e. The molecule has 0 saturated carbocycles. The maximum Gasteiger partial charge on any atom is 0.307 e. The first-order valence-corrected chi connectivity index (χ1v) is 7.98. The van der Waals surface area contributed by atoms with Crippen LogP contribution in [0, 0.1) is 11.8 Å². The van der Waals surface area contributed by atoms with Gasteiger partial charge in [-0.05, 0) is 38.8 Å². The molecule has 1 aliphatic carbocycles. The first-order valence-electron chi connectivity index (χ1n) is 7.98. The minimum atomic E-state index is -0.981. The number of allylic oxidation sites excluding steroid dienone is 2. The van der Waals surface area contributed by atoms with Gasteiger partial charge in [0, 0.05) is 6.04 Å². The molecule has 24 heavy (non-hydrogen) atoms. The van der Waals surface area contributed by atoms with E-state index < -0.39 is 17.8 Å². The fraction of sp³-hybridized carbons (Fsp3) is 0.389. The molecule has 0 heterocycles. The first-order chi connectivity index (χ1) is 11.4. The van der Waals surface area contributed by atoms with Crippen LogP contribution in [0.3, 0.4) is 0 Å². The summed E-state index contributed by atoms with van der Waals surface area (Å²) in [5.41, 5.74) is 0.747. The van der Waals surface area contributed by atoms with Crippen LogP contribution in [0.5, 0.6) is 0 Å². The summed E-state index contributed by atoms with van der Waals surface area (Å²) >= 11 is 0. The van der Waals surface area contributed by atoms with Crippen LogP contribution in [0.1, 0.15) is 37.0 Å². The summed E-state index contributed by atoms with van der Waals surface area (Å²) in [6.45, 7) is 3.70. The number of nitrogens with one attached hydrogen (secondary N) is 2. The zero-order valence-electron chi connectivity index (χ0n) is 13.8. The van der Waals surface area contributed by atoms with Gasteiger partial charge in [-0.1, -0.05) is 24.3 Å². The molecule has 2 amide bonds. The molecule has 1 aliphatic rings. The lowest BCUT2D eigenvalue weighted by atomic mass is 9.82.